The number of nitrogens with one attached hydrogen (secondary N) is 1. The van der Waals surface area contributed by atoms with Crippen LogP contribution in [0.5, 0.6) is 5.75 Å². The van der Waals surface area contributed by atoms with Gasteiger partial charge in [0.05, 0.1) is 18.0 Å². The Labute approximate surface area is 129 Å². The number of hydrogen-bond acceptors (Lipinski definition) is 6. The number of anilines is 1. The third kappa shape index (κ3) is 2.88. The predicted molar refractivity (Wildman–Crippen MR) is 81.2 cm³/mol. The monoisotopic (exact) mass is 320 g/mol. The lowest BCUT2D eigenvalue weighted by atomic mass is 10.2. The van der Waals surface area contributed by atoms with Gasteiger partial charge in [0.15, 0.2) is 0 Å². The van der Waals surface area contributed by atoms with Crippen LogP contribution in [0.3, 0.4) is 0 Å². The van der Waals surface area contributed by atoms with E-state index in [9.17, 15) is 8.42 Å². The van der Waals surface area contributed by atoms with Crippen molar-refractivity contribution in [3.63, 3.8) is 0 Å². The summed E-state index contributed by atoms with van der Waals surface area (Å²) in [5, 5.41) is 3.10. The Hall–Kier alpha value is -2.19. The fraction of sp³-hybridized carbons (Fsp3) is 0.286. The summed E-state index contributed by atoms with van der Waals surface area (Å²) in [6.45, 7) is 0.773. The van der Waals surface area contributed by atoms with E-state index in [1.54, 1.807) is 36.7 Å². The highest BCUT2D eigenvalue weighted by molar-refractivity contribution is 7.89. The standard InChI is InChI=1S/C14H16N4O3S/c1-21-12-4-2-5-13(8-12)22(19,20)18-9-11(10-18)17-14-15-6-3-7-16-14/h2-8,11H,9-10H2,1H3,(H,15,16,17). The summed E-state index contributed by atoms with van der Waals surface area (Å²) in [6.07, 6.45) is 3.28. The molecule has 0 radical (unpaired) electrons. The number of aromatic nitrogens is 2. The third-order valence-electron chi connectivity index (χ3n) is 3.43. The van der Waals surface area contributed by atoms with Crippen molar-refractivity contribution in [2.75, 3.05) is 25.5 Å². The molecule has 0 spiro atoms. The predicted octanol–water partition coefficient (Wildman–Crippen LogP) is 0.970. The van der Waals surface area contributed by atoms with Crippen LogP contribution in [-0.2, 0) is 10.0 Å². The van der Waals surface area contributed by atoms with Gasteiger partial charge in [-0.25, -0.2) is 18.4 Å². The van der Waals surface area contributed by atoms with E-state index in [2.05, 4.69) is 15.3 Å². The largest absolute Gasteiger partial charge is 0.497 e. The van der Waals surface area contributed by atoms with E-state index in [-0.39, 0.29) is 10.9 Å². The number of sulfonamides is 1. The molecule has 2 heterocycles. The highest BCUT2D eigenvalue weighted by Gasteiger charge is 2.37. The van der Waals surface area contributed by atoms with Gasteiger partial charge in [-0.3, -0.25) is 0 Å². The Morgan fingerprint density at radius 2 is 1.95 bits per heavy atom. The molecule has 0 atom stereocenters. The summed E-state index contributed by atoms with van der Waals surface area (Å²) >= 11 is 0. The molecule has 2 aromatic rings. The molecule has 0 unspecified atom stereocenters. The summed E-state index contributed by atoms with van der Waals surface area (Å²) in [4.78, 5) is 8.36. The number of nitrogens with zero attached hydrogens (tertiary/aromatic N) is 3. The Kier molecular flexibility index (Phi) is 3.95. The third-order valence-corrected chi connectivity index (χ3v) is 5.25. The van der Waals surface area contributed by atoms with E-state index in [0.717, 1.165) is 0 Å². The second-order valence-corrected chi connectivity index (χ2v) is 6.85. The highest BCUT2D eigenvalue weighted by atomic mass is 32.2. The lowest BCUT2D eigenvalue weighted by Gasteiger charge is -2.38. The van der Waals surface area contributed by atoms with Crippen molar-refractivity contribution in [3.05, 3.63) is 42.7 Å². The molecule has 0 saturated carbocycles. The van der Waals surface area contributed by atoms with Gasteiger partial charge < -0.3 is 10.1 Å². The summed E-state index contributed by atoms with van der Waals surface area (Å²) in [5.41, 5.74) is 0. The molecule has 8 heteroatoms. The van der Waals surface area contributed by atoms with Crippen molar-refractivity contribution in [2.45, 2.75) is 10.9 Å². The second-order valence-electron chi connectivity index (χ2n) is 4.91. The molecular weight excluding hydrogens is 304 g/mol. The van der Waals surface area contributed by atoms with Gasteiger partial charge in [-0.05, 0) is 18.2 Å². The first-order valence-corrected chi connectivity index (χ1v) is 8.21. The molecule has 0 amide bonds. The van der Waals surface area contributed by atoms with Crippen LogP contribution in [0.1, 0.15) is 0 Å². The summed E-state index contributed by atoms with van der Waals surface area (Å²) in [7, 11) is -1.98. The van der Waals surface area contributed by atoms with Crippen molar-refractivity contribution in [1.82, 2.24) is 14.3 Å². The normalized spacial score (nSPS) is 16.0. The van der Waals surface area contributed by atoms with Crippen molar-refractivity contribution < 1.29 is 13.2 Å². The van der Waals surface area contributed by atoms with Gasteiger partial charge in [0, 0.05) is 31.5 Å². The van der Waals surface area contributed by atoms with E-state index in [1.165, 1.54) is 17.5 Å². The molecular formula is C14H16N4O3S. The van der Waals surface area contributed by atoms with Crippen LogP contribution in [-0.4, -0.2) is 48.9 Å². The van der Waals surface area contributed by atoms with E-state index >= 15 is 0 Å². The number of ether oxygens (including phenoxy) is 1. The number of rotatable bonds is 5. The number of benzene rings is 1. The van der Waals surface area contributed by atoms with Crippen LogP contribution in [0, 0.1) is 0 Å². The van der Waals surface area contributed by atoms with Gasteiger partial charge in [-0.1, -0.05) is 6.07 Å². The molecule has 1 aromatic heterocycles. The topological polar surface area (TPSA) is 84.4 Å². The van der Waals surface area contributed by atoms with Gasteiger partial charge in [0.1, 0.15) is 5.75 Å². The number of hydrogen-bond donors (Lipinski definition) is 1. The van der Waals surface area contributed by atoms with Gasteiger partial charge in [-0.15, -0.1) is 0 Å². The van der Waals surface area contributed by atoms with Crippen molar-refractivity contribution in [3.8, 4) is 5.75 Å². The molecule has 1 aliphatic rings. The van der Waals surface area contributed by atoms with Gasteiger partial charge in [0.2, 0.25) is 16.0 Å². The SMILES string of the molecule is COc1cccc(S(=O)(=O)N2CC(Nc3ncccn3)C2)c1. The van der Waals surface area contributed by atoms with Gasteiger partial charge >= 0.3 is 0 Å². The van der Waals surface area contributed by atoms with Crippen LogP contribution in [0.4, 0.5) is 5.95 Å². The van der Waals surface area contributed by atoms with Gasteiger partial charge in [0.25, 0.3) is 0 Å². The summed E-state index contributed by atoms with van der Waals surface area (Å²) < 4.78 is 31.5. The maximum Gasteiger partial charge on any atom is 0.243 e. The maximum atomic E-state index is 12.5. The zero-order chi connectivity index (χ0) is 15.6. The molecule has 0 aliphatic carbocycles. The van der Waals surface area contributed by atoms with Crippen LogP contribution < -0.4 is 10.1 Å². The zero-order valence-corrected chi connectivity index (χ0v) is 12.8. The first-order chi connectivity index (χ1) is 10.6. The highest BCUT2D eigenvalue weighted by Crippen LogP contribution is 2.25. The molecule has 1 aromatic carbocycles. The molecule has 116 valence electrons. The fourth-order valence-corrected chi connectivity index (χ4v) is 3.76. The van der Waals surface area contributed by atoms with E-state index in [0.29, 0.717) is 24.8 Å². The minimum Gasteiger partial charge on any atom is -0.497 e. The van der Waals surface area contributed by atoms with E-state index in [4.69, 9.17) is 4.74 Å². The molecule has 22 heavy (non-hydrogen) atoms. The maximum absolute atomic E-state index is 12.5. The lowest BCUT2D eigenvalue weighted by molar-refractivity contribution is 0.280. The Balaban J connectivity index is 1.66. The smallest absolute Gasteiger partial charge is 0.243 e. The molecule has 1 N–H and O–H groups in total. The van der Waals surface area contributed by atoms with Crippen molar-refractivity contribution in [2.24, 2.45) is 0 Å². The molecule has 0 bridgehead atoms. The Bertz CT molecular complexity index is 746. The van der Waals surface area contributed by atoms with Crippen molar-refractivity contribution in [1.29, 1.82) is 0 Å². The lowest BCUT2D eigenvalue weighted by Crippen LogP contribution is -2.56. The molecule has 1 saturated heterocycles. The molecule has 3 rings (SSSR count). The quantitative estimate of drug-likeness (QED) is 0.884. The Morgan fingerprint density at radius 1 is 1.23 bits per heavy atom. The average Bonchev–Trinajstić information content (AvgIpc) is 2.51. The van der Waals surface area contributed by atoms with Crippen LogP contribution in [0.25, 0.3) is 0 Å². The second kappa shape index (κ2) is 5.90. The fourth-order valence-electron chi connectivity index (χ4n) is 2.19. The van der Waals surface area contributed by atoms with Crippen LogP contribution >= 0.6 is 0 Å². The molecule has 1 aliphatic heterocycles. The van der Waals surface area contributed by atoms with Crippen molar-refractivity contribution >= 4 is 16.0 Å². The summed E-state index contributed by atoms with van der Waals surface area (Å²) in [6, 6.07) is 8.22. The van der Waals surface area contributed by atoms with Crippen LogP contribution in [0.2, 0.25) is 0 Å². The minimum absolute atomic E-state index is 0.0165. The average molecular weight is 320 g/mol. The number of methoxy groups -OCH3 is 1. The van der Waals surface area contributed by atoms with E-state index < -0.39 is 10.0 Å². The van der Waals surface area contributed by atoms with E-state index in [1.807, 2.05) is 0 Å². The molecule has 7 nitrogen and oxygen atoms in total. The summed E-state index contributed by atoms with van der Waals surface area (Å²) in [5.74, 6) is 1.03. The first kappa shape index (κ1) is 14.7. The molecule has 1 fully saturated rings. The minimum atomic E-state index is -3.49. The Morgan fingerprint density at radius 3 is 2.64 bits per heavy atom. The first-order valence-electron chi connectivity index (χ1n) is 6.77. The van der Waals surface area contributed by atoms with Gasteiger partial charge in [-0.2, -0.15) is 4.31 Å². The zero-order valence-electron chi connectivity index (χ0n) is 12.0. The van der Waals surface area contributed by atoms with Crippen LogP contribution in [0.15, 0.2) is 47.6 Å².